The SMILES string of the molecule is Cl.O=C(NCc1cc2n(n1)CCCNC2)C1(c2ccc(F)cc2)CCOCC1. The normalized spacial score (nSPS) is 18.5. The van der Waals surface area contributed by atoms with Gasteiger partial charge in [0, 0.05) is 26.3 Å². The van der Waals surface area contributed by atoms with Gasteiger partial charge < -0.3 is 15.4 Å². The van der Waals surface area contributed by atoms with Crippen LogP contribution in [0.1, 0.15) is 36.2 Å². The molecule has 3 heterocycles. The molecule has 152 valence electrons. The van der Waals surface area contributed by atoms with Crippen molar-refractivity contribution in [2.24, 2.45) is 0 Å². The van der Waals surface area contributed by atoms with Gasteiger partial charge in [0.15, 0.2) is 0 Å². The molecule has 2 aliphatic heterocycles. The lowest BCUT2D eigenvalue weighted by atomic mass is 9.73. The Morgan fingerprint density at radius 3 is 2.79 bits per heavy atom. The van der Waals surface area contributed by atoms with E-state index in [2.05, 4.69) is 15.7 Å². The van der Waals surface area contributed by atoms with Gasteiger partial charge in [-0.15, -0.1) is 12.4 Å². The van der Waals surface area contributed by atoms with E-state index in [4.69, 9.17) is 4.74 Å². The van der Waals surface area contributed by atoms with Crippen LogP contribution in [0.3, 0.4) is 0 Å². The second kappa shape index (κ2) is 9.03. The van der Waals surface area contributed by atoms with Gasteiger partial charge in [-0.25, -0.2) is 4.39 Å². The van der Waals surface area contributed by atoms with Crippen molar-refractivity contribution in [3.8, 4) is 0 Å². The van der Waals surface area contributed by atoms with Crippen LogP contribution in [0, 0.1) is 5.82 Å². The largest absolute Gasteiger partial charge is 0.381 e. The molecule has 2 N–H and O–H groups in total. The Morgan fingerprint density at radius 2 is 2.04 bits per heavy atom. The van der Waals surface area contributed by atoms with Gasteiger partial charge >= 0.3 is 0 Å². The molecule has 2 aromatic rings. The maximum atomic E-state index is 13.3. The summed E-state index contributed by atoms with van der Waals surface area (Å²) in [5.74, 6) is -0.340. The quantitative estimate of drug-likeness (QED) is 0.814. The number of benzene rings is 1. The monoisotopic (exact) mass is 408 g/mol. The minimum Gasteiger partial charge on any atom is -0.381 e. The molecule has 0 saturated carbocycles. The van der Waals surface area contributed by atoms with Crippen LogP contribution < -0.4 is 10.6 Å². The Bertz CT molecular complexity index is 780. The Balaban J connectivity index is 0.00000225. The highest BCUT2D eigenvalue weighted by Crippen LogP contribution is 2.35. The van der Waals surface area contributed by atoms with Crippen molar-refractivity contribution in [2.75, 3.05) is 19.8 Å². The van der Waals surface area contributed by atoms with Crippen LogP contribution >= 0.6 is 12.4 Å². The number of aromatic nitrogens is 2. The van der Waals surface area contributed by atoms with Crippen LogP contribution in [0.2, 0.25) is 0 Å². The standard InChI is InChI=1S/C20H25FN4O2.ClH/c21-16-4-2-15(3-5-16)20(6-10-27-11-7-20)19(26)23-13-17-12-18-14-22-8-1-9-25(18)24-17;/h2-5,12,22H,1,6-11,13-14H2,(H,23,26);1H. The van der Waals surface area contributed by atoms with Gasteiger partial charge in [0.05, 0.1) is 23.3 Å². The van der Waals surface area contributed by atoms with Gasteiger partial charge in [-0.1, -0.05) is 12.1 Å². The Hall–Kier alpha value is -1.96. The summed E-state index contributed by atoms with van der Waals surface area (Å²) in [6, 6.07) is 8.31. The van der Waals surface area contributed by atoms with Crippen molar-refractivity contribution in [2.45, 2.75) is 44.3 Å². The van der Waals surface area contributed by atoms with Crippen molar-refractivity contribution in [1.29, 1.82) is 0 Å². The van der Waals surface area contributed by atoms with Crippen molar-refractivity contribution in [3.63, 3.8) is 0 Å². The highest BCUT2D eigenvalue weighted by atomic mass is 35.5. The third-order valence-corrected chi connectivity index (χ3v) is 5.55. The predicted molar refractivity (Wildman–Crippen MR) is 106 cm³/mol. The minimum absolute atomic E-state index is 0. The number of halogens is 2. The van der Waals surface area contributed by atoms with Crippen LogP contribution in [0.4, 0.5) is 4.39 Å². The first-order chi connectivity index (χ1) is 13.2. The summed E-state index contributed by atoms with van der Waals surface area (Å²) in [6.45, 7) is 4.13. The number of amides is 1. The van der Waals surface area contributed by atoms with Gasteiger partial charge in [0.2, 0.25) is 5.91 Å². The van der Waals surface area contributed by atoms with Gasteiger partial charge in [0.25, 0.3) is 0 Å². The van der Waals surface area contributed by atoms with Crippen molar-refractivity contribution < 1.29 is 13.9 Å². The summed E-state index contributed by atoms with van der Waals surface area (Å²) >= 11 is 0. The average molecular weight is 409 g/mol. The molecule has 0 radical (unpaired) electrons. The van der Waals surface area contributed by atoms with E-state index in [1.165, 1.54) is 12.1 Å². The molecule has 6 nitrogen and oxygen atoms in total. The minimum atomic E-state index is -0.676. The third-order valence-electron chi connectivity index (χ3n) is 5.55. The zero-order valence-corrected chi connectivity index (χ0v) is 16.6. The second-order valence-corrected chi connectivity index (χ2v) is 7.26. The molecule has 1 aromatic heterocycles. The predicted octanol–water partition coefficient (Wildman–Crippen LogP) is 2.30. The first-order valence-corrected chi connectivity index (χ1v) is 9.56. The van der Waals surface area contributed by atoms with Crippen LogP contribution in [-0.4, -0.2) is 35.4 Å². The van der Waals surface area contributed by atoms with Crippen molar-refractivity contribution in [1.82, 2.24) is 20.4 Å². The van der Waals surface area contributed by atoms with E-state index in [1.807, 2.05) is 10.7 Å². The maximum Gasteiger partial charge on any atom is 0.231 e. The molecule has 2 aliphatic rings. The number of rotatable bonds is 4. The van der Waals surface area contributed by atoms with Crippen LogP contribution in [0.25, 0.3) is 0 Å². The lowest BCUT2D eigenvalue weighted by molar-refractivity contribution is -0.130. The van der Waals surface area contributed by atoms with E-state index in [0.717, 1.165) is 43.0 Å². The molecule has 28 heavy (non-hydrogen) atoms. The van der Waals surface area contributed by atoms with Gasteiger partial charge in [-0.3, -0.25) is 9.48 Å². The second-order valence-electron chi connectivity index (χ2n) is 7.26. The molecule has 8 heteroatoms. The molecule has 1 saturated heterocycles. The number of aryl methyl sites for hydroxylation is 1. The zero-order chi connectivity index (χ0) is 18.7. The summed E-state index contributed by atoms with van der Waals surface area (Å²) in [5, 5.41) is 11.1. The van der Waals surface area contributed by atoms with Crippen molar-refractivity contribution >= 4 is 18.3 Å². The molecule has 4 rings (SSSR count). The summed E-state index contributed by atoms with van der Waals surface area (Å²) < 4.78 is 20.8. The van der Waals surface area contributed by atoms with E-state index in [-0.39, 0.29) is 24.1 Å². The number of nitrogens with one attached hydrogen (secondary N) is 2. The van der Waals surface area contributed by atoms with Crippen LogP contribution in [-0.2, 0) is 34.6 Å². The Labute approximate surface area is 170 Å². The molecule has 1 fully saturated rings. The number of hydrogen-bond acceptors (Lipinski definition) is 4. The topological polar surface area (TPSA) is 68.2 Å². The summed E-state index contributed by atoms with van der Waals surface area (Å²) in [4.78, 5) is 13.2. The number of hydrogen-bond donors (Lipinski definition) is 2. The number of nitrogens with zero attached hydrogens (tertiary/aromatic N) is 2. The van der Waals surface area contributed by atoms with E-state index >= 15 is 0 Å². The molecule has 1 aromatic carbocycles. The fraction of sp³-hybridized carbons (Fsp3) is 0.500. The highest BCUT2D eigenvalue weighted by Gasteiger charge is 2.41. The lowest BCUT2D eigenvalue weighted by Crippen LogP contribution is -2.47. The number of carbonyl (C=O) groups excluding carboxylic acids is 1. The van der Waals surface area contributed by atoms with Gasteiger partial charge in [-0.2, -0.15) is 5.10 Å². The average Bonchev–Trinajstić information content (AvgIpc) is 2.96. The molecule has 0 atom stereocenters. The third kappa shape index (κ3) is 4.21. The molecular formula is C20H26ClFN4O2. The van der Waals surface area contributed by atoms with Crippen LogP contribution in [0.15, 0.2) is 30.3 Å². The fourth-order valence-electron chi connectivity index (χ4n) is 3.98. The summed E-state index contributed by atoms with van der Waals surface area (Å²) in [5.41, 5.74) is 2.18. The number of carbonyl (C=O) groups is 1. The molecule has 0 bridgehead atoms. The Kier molecular flexibility index (Phi) is 6.69. The van der Waals surface area contributed by atoms with E-state index in [0.29, 0.717) is 32.6 Å². The lowest BCUT2D eigenvalue weighted by Gasteiger charge is -2.36. The molecule has 0 unspecified atom stereocenters. The molecule has 0 spiro atoms. The molecule has 0 aliphatic carbocycles. The fourth-order valence-corrected chi connectivity index (χ4v) is 3.98. The first-order valence-electron chi connectivity index (χ1n) is 9.56. The molecule has 1 amide bonds. The molecular weight excluding hydrogens is 383 g/mol. The van der Waals surface area contributed by atoms with E-state index in [1.54, 1.807) is 12.1 Å². The van der Waals surface area contributed by atoms with E-state index < -0.39 is 5.41 Å². The smallest absolute Gasteiger partial charge is 0.231 e. The summed E-state index contributed by atoms with van der Waals surface area (Å²) in [6.07, 6.45) is 2.23. The van der Waals surface area contributed by atoms with Gasteiger partial charge in [-0.05, 0) is 49.6 Å². The highest BCUT2D eigenvalue weighted by molar-refractivity contribution is 5.88. The van der Waals surface area contributed by atoms with E-state index in [9.17, 15) is 9.18 Å². The Morgan fingerprint density at radius 1 is 1.29 bits per heavy atom. The van der Waals surface area contributed by atoms with Crippen molar-refractivity contribution in [3.05, 3.63) is 53.1 Å². The summed E-state index contributed by atoms with van der Waals surface area (Å²) in [7, 11) is 0. The van der Waals surface area contributed by atoms with Gasteiger partial charge in [0.1, 0.15) is 5.82 Å². The maximum absolute atomic E-state index is 13.3. The van der Waals surface area contributed by atoms with Crippen LogP contribution in [0.5, 0.6) is 0 Å². The number of ether oxygens (including phenoxy) is 1. The first kappa shape index (κ1) is 20.8. The number of fused-ring (bicyclic) bond motifs is 1. The zero-order valence-electron chi connectivity index (χ0n) is 15.7.